The highest BCUT2D eigenvalue weighted by atomic mass is 15.2. The van der Waals surface area contributed by atoms with E-state index in [-0.39, 0.29) is 0 Å². The first-order valence-corrected chi connectivity index (χ1v) is 5.77. The molecule has 2 N–H and O–H groups in total. The number of nitrogens with zero attached hydrogens (tertiary/aromatic N) is 2. The zero-order chi connectivity index (χ0) is 11.4. The maximum Gasteiger partial charge on any atom is 0.0995 e. The van der Waals surface area contributed by atoms with Crippen molar-refractivity contribution in [1.82, 2.24) is 4.90 Å². The molecule has 1 heterocycles. The van der Waals surface area contributed by atoms with E-state index >= 15 is 0 Å². The molecule has 2 rings (SSSR count). The molecule has 1 aliphatic heterocycles. The highest BCUT2D eigenvalue weighted by molar-refractivity contribution is 5.37. The number of rotatable bonds is 3. The topological polar surface area (TPSA) is 53.0 Å². The van der Waals surface area contributed by atoms with Gasteiger partial charge in [-0.05, 0) is 31.0 Å². The minimum absolute atomic E-state index is 0.492. The van der Waals surface area contributed by atoms with Gasteiger partial charge in [0.2, 0.25) is 0 Å². The number of benzene rings is 1. The Morgan fingerprint density at radius 1 is 1.44 bits per heavy atom. The fourth-order valence-corrected chi connectivity index (χ4v) is 2.36. The summed E-state index contributed by atoms with van der Waals surface area (Å²) in [4.78, 5) is 2.39. The lowest BCUT2D eigenvalue weighted by molar-refractivity contribution is 0.250. The molecule has 1 aliphatic rings. The number of hydrogen-bond acceptors (Lipinski definition) is 3. The molecule has 84 valence electrons. The first-order chi connectivity index (χ1) is 7.85. The van der Waals surface area contributed by atoms with Gasteiger partial charge in [-0.3, -0.25) is 4.90 Å². The third-order valence-corrected chi connectivity index (χ3v) is 3.28. The van der Waals surface area contributed by atoms with Crippen molar-refractivity contribution in [2.45, 2.75) is 25.4 Å². The van der Waals surface area contributed by atoms with Crippen LogP contribution in [0.5, 0.6) is 0 Å². The zero-order valence-electron chi connectivity index (χ0n) is 9.39. The highest BCUT2D eigenvalue weighted by Crippen LogP contribution is 2.20. The summed E-state index contributed by atoms with van der Waals surface area (Å²) < 4.78 is 0. The highest BCUT2D eigenvalue weighted by Gasteiger charge is 2.23. The smallest absolute Gasteiger partial charge is 0.0995 e. The van der Waals surface area contributed by atoms with Gasteiger partial charge >= 0.3 is 0 Å². The van der Waals surface area contributed by atoms with Gasteiger partial charge in [-0.1, -0.05) is 18.2 Å². The SMILES string of the molecule is N#Cc1ccccc1CN1CCCC1CN. The second-order valence-electron chi connectivity index (χ2n) is 4.27. The summed E-state index contributed by atoms with van der Waals surface area (Å²) in [5.41, 5.74) is 7.64. The molecule has 0 spiro atoms. The summed E-state index contributed by atoms with van der Waals surface area (Å²) in [6, 6.07) is 10.5. The van der Waals surface area contributed by atoms with Gasteiger partial charge in [-0.15, -0.1) is 0 Å². The van der Waals surface area contributed by atoms with Crippen LogP contribution >= 0.6 is 0 Å². The lowest BCUT2D eigenvalue weighted by atomic mass is 10.1. The molecule has 16 heavy (non-hydrogen) atoms. The maximum atomic E-state index is 9.02. The van der Waals surface area contributed by atoms with Crippen LogP contribution in [0.4, 0.5) is 0 Å². The van der Waals surface area contributed by atoms with E-state index in [2.05, 4.69) is 11.0 Å². The zero-order valence-corrected chi connectivity index (χ0v) is 9.39. The van der Waals surface area contributed by atoms with Crippen LogP contribution in [0, 0.1) is 11.3 Å². The van der Waals surface area contributed by atoms with Crippen LogP contribution in [-0.4, -0.2) is 24.0 Å². The quantitative estimate of drug-likeness (QED) is 0.831. The van der Waals surface area contributed by atoms with Gasteiger partial charge in [0, 0.05) is 19.1 Å². The molecule has 1 unspecified atom stereocenters. The van der Waals surface area contributed by atoms with E-state index in [1.54, 1.807) is 0 Å². The summed E-state index contributed by atoms with van der Waals surface area (Å²) in [7, 11) is 0. The van der Waals surface area contributed by atoms with Crippen molar-refractivity contribution in [2.75, 3.05) is 13.1 Å². The van der Waals surface area contributed by atoms with E-state index in [1.165, 1.54) is 12.8 Å². The number of likely N-dealkylation sites (tertiary alicyclic amines) is 1. The molecule has 1 aromatic rings. The lowest BCUT2D eigenvalue weighted by Crippen LogP contribution is -2.35. The predicted molar refractivity (Wildman–Crippen MR) is 63.6 cm³/mol. The van der Waals surface area contributed by atoms with Gasteiger partial charge in [0.05, 0.1) is 11.6 Å². The molecule has 1 atom stereocenters. The van der Waals surface area contributed by atoms with Crippen molar-refractivity contribution in [3.63, 3.8) is 0 Å². The lowest BCUT2D eigenvalue weighted by Gasteiger charge is -2.23. The first kappa shape index (κ1) is 11.1. The largest absolute Gasteiger partial charge is 0.329 e. The van der Waals surface area contributed by atoms with Crippen LogP contribution in [0.2, 0.25) is 0 Å². The van der Waals surface area contributed by atoms with Crippen LogP contribution in [0.25, 0.3) is 0 Å². The fourth-order valence-electron chi connectivity index (χ4n) is 2.36. The van der Waals surface area contributed by atoms with Gasteiger partial charge in [0.25, 0.3) is 0 Å². The average molecular weight is 215 g/mol. The molecular weight excluding hydrogens is 198 g/mol. The molecule has 3 nitrogen and oxygen atoms in total. The van der Waals surface area contributed by atoms with Crippen molar-refractivity contribution in [1.29, 1.82) is 5.26 Å². The molecular formula is C13H17N3. The Morgan fingerprint density at radius 3 is 3.00 bits per heavy atom. The summed E-state index contributed by atoms with van der Waals surface area (Å²) in [6.07, 6.45) is 2.40. The molecule has 1 saturated heterocycles. The summed E-state index contributed by atoms with van der Waals surface area (Å²) in [5, 5.41) is 9.02. The Hall–Kier alpha value is -1.37. The van der Waals surface area contributed by atoms with Crippen LogP contribution < -0.4 is 5.73 Å². The van der Waals surface area contributed by atoms with Gasteiger partial charge in [-0.25, -0.2) is 0 Å². The van der Waals surface area contributed by atoms with Crippen LogP contribution in [-0.2, 0) is 6.54 Å². The maximum absolute atomic E-state index is 9.02. The fraction of sp³-hybridized carbons (Fsp3) is 0.462. The van der Waals surface area contributed by atoms with E-state index in [9.17, 15) is 0 Å². The number of hydrogen-bond donors (Lipinski definition) is 1. The number of nitrogens with two attached hydrogens (primary N) is 1. The van der Waals surface area contributed by atoms with Crippen LogP contribution in [0.15, 0.2) is 24.3 Å². The third kappa shape index (κ3) is 2.24. The van der Waals surface area contributed by atoms with E-state index in [0.717, 1.165) is 24.2 Å². The Morgan fingerprint density at radius 2 is 2.25 bits per heavy atom. The van der Waals surface area contributed by atoms with Crippen molar-refractivity contribution in [3.05, 3.63) is 35.4 Å². The van der Waals surface area contributed by atoms with Crippen molar-refractivity contribution < 1.29 is 0 Å². The number of nitriles is 1. The molecule has 0 radical (unpaired) electrons. The Bertz CT molecular complexity index is 394. The minimum Gasteiger partial charge on any atom is -0.329 e. The van der Waals surface area contributed by atoms with Crippen LogP contribution in [0.3, 0.4) is 0 Å². The van der Waals surface area contributed by atoms with Crippen LogP contribution in [0.1, 0.15) is 24.0 Å². The van der Waals surface area contributed by atoms with Crippen molar-refractivity contribution in [3.8, 4) is 6.07 Å². The normalized spacial score (nSPS) is 20.9. The molecule has 0 amide bonds. The Balaban J connectivity index is 2.12. The molecule has 1 aromatic carbocycles. The molecule has 0 bridgehead atoms. The molecule has 0 saturated carbocycles. The second-order valence-corrected chi connectivity index (χ2v) is 4.27. The first-order valence-electron chi connectivity index (χ1n) is 5.77. The van der Waals surface area contributed by atoms with Crippen molar-refractivity contribution >= 4 is 0 Å². The van der Waals surface area contributed by atoms with E-state index < -0.39 is 0 Å². The van der Waals surface area contributed by atoms with Gasteiger partial charge in [0.1, 0.15) is 0 Å². The predicted octanol–water partition coefficient (Wildman–Crippen LogP) is 1.48. The average Bonchev–Trinajstić information content (AvgIpc) is 2.77. The van der Waals surface area contributed by atoms with Gasteiger partial charge < -0.3 is 5.73 Å². The Kier molecular flexibility index (Phi) is 3.55. The third-order valence-electron chi connectivity index (χ3n) is 3.28. The second kappa shape index (κ2) is 5.11. The van der Waals surface area contributed by atoms with Gasteiger partial charge in [0.15, 0.2) is 0 Å². The summed E-state index contributed by atoms with van der Waals surface area (Å²) >= 11 is 0. The minimum atomic E-state index is 0.492. The van der Waals surface area contributed by atoms with E-state index in [4.69, 9.17) is 11.0 Å². The summed E-state index contributed by atoms with van der Waals surface area (Å²) in [5.74, 6) is 0. The molecule has 0 aliphatic carbocycles. The van der Waals surface area contributed by atoms with E-state index in [0.29, 0.717) is 12.6 Å². The Labute approximate surface area is 96.5 Å². The van der Waals surface area contributed by atoms with E-state index in [1.807, 2.05) is 24.3 Å². The molecule has 3 heteroatoms. The van der Waals surface area contributed by atoms with Gasteiger partial charge in [-0.2, -0.15) is 5.26 Å². The molecule has 1 fully saturated rings. The molecule has 0 aromatic heterocycles. The standard InChI is InChI=1S/C13H17N3/c14-8-11-4-1-2-5-12(11)10-16-7-3-6-13(16)9-15/h1-2,4-5,13H,3,6-7,9-10,15H2. The summed E-state index contributed by atoms with van der Waals surface area (Å²) in [6.45, 7) is 2.67. The monoisotopic (exact) mass is 215 g/mol. The van der Waals surface area contributed by atoms with Crippen molar-refractivity contribution in [2.24, 2.45) is 5.73 Å².